The number of alkyl halides is 2. The van der Waals surface area contributed by atoms with Gasteiger partial charge in [0, 0.05) is 13.5 Å². The Morgan fingerprint density at radius 2 is 1.28 bits per heavy atom. The van der Waals surface area contributed by atoms with Crippen molar-refractivity contribution >= 4 is 23.7 Å². The van der Waals surface area contributed by atoms with Crippen LogP contribution in [0.4, 0.5) is 13.6 Å². The lowest BCUT2D eigenvalue weighted by Crippen LogP contribution is -2.60. The number of rotatable bonds is 23. The Balaban J connectivity index is 1.77. The molecule has 0 spiro atoms. The number of carbonyl (C=O) groups excluding carboxylic acids is 4. The molecule has 0 radical (unpaired) electrons. The van der Waals surface area contributed by atoms with Crippen molar-refractivity contribution in [2.45, 2.75) is 71.6 Å². The molecule has 3 amide bonds. The third-order valence-electron chi connectivity index (χ3n) is 8.11. The van der Waals surface area contributed by atoms with E-state index in [9.17, 15) is 19.2 Å². The maximum atomic E-state index is 15.8. The summed E-state index contributed by atoms with van der Waals surface area (Å²) >= 11 is 0. The SMILES string of the molecule is COCCOCCO[C@H](NC(=O)C(F)(F)C(=O)C(Cc1ccc(OCc2ccccc2)cc1)NC(=O)[C@@H](NC(=O)OCc1ccccc1)C(C)C)C(C)C. The molecule has 0 saturated heterocycles. The summed E-state index contributed by atoms with van der Waals surface area (Å²) in [5.41, 5.74) is 2.04. The first-order valence-corrected chi connectivity index (χ1v) is 17.8. The molecule has 3 aromatic rings. The van der Waals surface area contributed by atoms with Crippen LogP contribution in [0.5, 0.6) is 5.75 Å². The van der Waals surface area contributed by atoms with Crippen molar-refractivity contribution in [1.29, 1.82) is 0 Å². The smallest absolute Gasteiger partial charge is 0.408 e. The number of alkyl carbamates (subject to hydrolysis) is 1. The van der Waals surface area contributed by atoms with Gasteiger partial charge < -0.3 is 39.6 Å². The molecule has 0 aliphatic carbocycles. The molecule has 12 nitrogen and oxygen atoms in total. The molecule has 0 heterocycles. The summed E-state index contributed by atoms with van der Waals surface area (Å²) in [4.78, 5) is 52.9. The highest BCUT2D eigenvalue weighted by Gasteiger charge is 2.51. The summed E-state index contributed by atoms with van der Waals surface area (Å²) in [6.07, 6.45) is -2.50. The van der Waals surface area contributed by atoms with Gasteiger partial charge in [-0.1, -0.05) is 100 Å². The van der Waals surface area contributed by atoms with Gasteiger partial charge in [0.1, 0.15) is 31.2 Å². The van der Waals surface area contributed by atoms with Crippen molar-refractivity contribution < 1.29 is 51.6 Å². The first-order valence-electron chi connectivity index (χ1n) is 17.8. The predicted octanol–water partition coefficient (Wildman–Crippen LogP) is 5.23. The number of halogens is 2. The summed E-state index contributed by atoms with van der Waals surface area (Å²) in [7, 11) is 1.52. The van der Waals surface area contributed by atoms with E-state index in [1.807, 2.05) is 30.3 Å². The summed E-state index contributed by atoms with van der Waals surface area (Å²) < 4.78 is 58.5. The predicted molar refractivity (Wildman–Crippen MR) is 197 cm³/mol. The van der Waals surface area contributed by atoms with E-state index in [1.165, 1.54) is 7.11 Å². The molecule has 3 atom stereocenters. The number of ether oxygens (including phenoxy) is 5. The van der Waals surface area contributed by atoms with E-state index in [4.69, 9.17) is 23.7 Å². The zero-order valence-electron chi connectivity index (χ0n) is 31.3. The monoisotopic (exact) mass is 755 g/mol. The van der Waals surface area contributed by atoms with Gasteiger partial charge in [-0.25, -0.2) is 4.79 Å². The molecule has 3 N–H and O–H groups in total. The number of carbonyl (C=O) groups is 4. The van der Waals surface area contributed by atoms with Crippen LogP contribution < -0.4 is 20.7 Å². The molecule has 0 bridgehead atoms. The largest absolute Gasteiger partial charge is 0.489 e. The average molecular weight is 756 g/mol. The summed E-state index contributed by atoms with van der Waals surface area (Å²) in [5.74, 6) is -9.75. The zero-order valence-corrected chi connectivity index (χ0v) is 31.3. The number of nitrogens with one attached hydrogen (secondary N) is 3. The Morgan fingerprint density at radius 3 is 1.85 bits per heavy atom. The molecule has 0 aliphatic rings. The van der Waals surface area contributed by atoms with Gasteiger partial charge >= 0.3 is 17.9 Å². The Kier molecular flexibility index (Phi) is 18.0. The average Bonchev–Trinajstić information content (AvgIpc) is 3.16. The minimum Gasteiger partial charge on any atom is -0.489 e. The van der Waals surface area contributed by atoms with Gasteiger partial charge in [-0.3, -0.25) is 14.4 Å². The second kappa shape index (κ2) is 22.3. The van der Waals surface area contributed by atoms with Gasteiger partial charge in [0.15, 0.2) is 0 Å². The van der Waals surface area contributed by atoms with E-state index in [0.29, 0.717) is 30.1 Å². The molecule has 3 rings (SSSR count). The van der Waals surface area contributed by atoms with Gasteiger partial charge in [-0.05, 0) is 40.7 Å². The fourth-order valence-corrected chi connectivity index (χ4v) is 5.03. The highest BCUT2D eigenvalue weighted by molar-refractivity contribution is 6.10. The molecule has 14 heteroatoms. The number of hydrogen-bond donors (Lipinski definition) is 3. The first kappa shape index (κ1) is 43.5. The third kappa shape index (κ3) is 14.5. The summed E-state index contributed by atoms with van der Waals surface area (Å²) in [6.45, 7) is 7.52. The lowest BCUT2D eigenvalue weighted by atomic mass is 9.96. The van der Waals surface area contributed by atoms with Crippen LogP contribution in [-0.2, 0) is 53.0 Å². The Labute approximate surface area is 315 Å². The number of amides is 3. The zero-order chi connectivity index (χ0) is 39.5. The van der Waals surface area contributed by atoms with Crippen molar-refractivity contribution in [3.8, 4) is 5.75 Å². The van der Waals surface area contributed by atoms with Crippen molar-refractivity contribution in [2.75, 3.05) is 33.5 Å². The standard InChI is InChI=1S/C40H51F2N3O9/c1-27(2)34(44-39(49)54-26-31-14-10-7-11-15-31)36(47)43-33(24-29-16-18-32(19-17-29)53-25-30-12-8-6-9-13-30)35(46)40(41,42)38(48)45-37(28(3)4)52-23-22-51-21-20-50-5/h6-19,27-28,33-34,37H,20-26H2,1-5H3,(H,43,47)(H,44,49)(H,45,48)/t33?,34-,37-/m0/s1. The van der Waals surface area contributed by atoms with Crippen LogP contribution in [0.15, 0.2) is 84.9 Å². The molecule has 1 unspecified atom stereocenters. The second-order valence-electron chi connectivity index (χ2n) is 13.2. The molecule has 3 aromatic carbocycles. The first-order chi connectivity index (χ1) is 25.8. The Bertz CT molecular complexity index is 1590. The van der Waals surface area contributed by atoms with Crippen LogP contribution in [-0.4, -0.2) is 81.5 Å². The summed E-state index contributed by atoms with van der Waals surface area (Å²) in [5, 5.41) is 6.96. The maximum absolute atomic E-state index is 15.8. The highest BCUT2D eigenvalue weighted by Crippen LogP contribution is 2.22. The molecular weight excluding hydrogens is 704 g/mol. The fourth-order valence-electron chi connectivity index (χ4n) is 5.03. The Morgan fingerprint density at radius 1 is 0.685 bits per heavy atom. The van der Waals surface area contributed by atoms with Gasteiger partial charge in [0.25, 0.3) is 0 Å². The van der Waals surface area contributed by atoms with Crippen molar-refractivity contribution in [2.24, 2.45) is 11.8 Å². The van der Waals surface area contributed by atoms with Crippen molar-refractivity contribution in [3.63, 3.8) is 0 Å². The lowest BCUT2D eigenvalue weighted by molar-refractivity contribution is -0.164. The summed E-state index contributed by atoms with van der Waals surface area (Å²) in [6, 6.07) is 21.5. The van der Waals surface area contributed by atoms with E-state index in [2.05, 4.69) is 16.0 Å². The number of methoxy groups -OCH3 is 1. The minimum absolute atomic E-state index is 0.0204. The lowest BCUT2D eigenvalue weighted by Gasteiger charge is -2.28. The van der Waals surface area contributed by atoms with E-state index in [0.717, 1.165) is 5.56 Å². The van der Waals surface area contributed by atoms with Gasteiger partial charge in [0.2, 0.25) is 11.7 Å². The van der Waals surface area contributed by atoms with Gasteiger partial charge in [-0.2, -0.15) is 8.78 Å². The van der Waals surface area contributed by atoms with Gasteiger partial charge in [-0.15, -0.1) is 0 Å². The molecular formula is C40H51F2N3O9. The van der Waals surface area contributed by atoms with Crippen LogP contribution >= 0.6 is 0 Å². The van der Waals surface area contributed by atoms with Crippen LogP contribution in [0.2, 0.25) is 0 Å². The Hall–Kier alpha value is -4.92. The quantitative estimate of drug-likeness (QED) is 0.0672. The van der Waals surface area contributed by atoms with E-state index in [1.54, 1.807) is 82.3 Å². The molecule has 294 valence electrons. The van der Waals surface area contributed by atoms with Crippen molar-refractivity contribution in [3.05, 3.63) is 102 Å². The highest BCUT2D eigenvalue weighted by atomic mass is 19.3. The number of benzene rings is 3. The minimum atomic E-state index is -4.59. The molecule has 0 saturated carbocycles. The fraction of sp³-hybridized carbons (Fsp3) is 0.450. The van der Waals surface area contributed by atoms with Gasteiger partial charge in [0.05, 0.1) is 32.5 Å². The molecule has 0 aliphatic heterocycles. The third-order valence-corrected chi connectivity index (χ3v) is 8.11. The van der Waals surface area contributed by atoms with Crippen LogP contribution in [0.1, 0.15) is 44.4 Å². The van der Waals surface area contributed by atoms with E-state index >= 15 is 8.78 Å². The number of Topliss-reactive ketones (excluding diaryl/α,β-unsaturated/α-hetero) is 1. The second-order valence-corrected chi connectivity index (χ2v) is 13.2. The molecule has 0 fully saturated rings. The number of ketones is 1. The van der Waals surface area contributed by atoms with Crippen molar-refractivity contribution in [1.82, 2.24) is 16.0 Å². The molecule has 54 heavy (non-hydrogen) atoms. The topological polar surface area (TPSA) is 151 Å². The van der Waals surface area contributed by atoms with E-state index < -0.39 is 66.2 Å². The molecule has 0 aromatic heterocycles. The van der Waals surface area contributed by atoms with Crippen LogP contribution in [0, 0.1) is 11.8 Å². The van der Waals surface area contributed by atoms with Crippen LogP contribution in [0.3, 0.4) is 0 Å². The maximum Gasteiger partial charge on any atom is 0.408 e. The number of hydrogen-bond acceptors (Lipinski definition) is 9. The van der Waals surface area contributed by atoms with Crippen LogP contribution in [0.25, 0.3) is 0 Å². The normalized spacial score (nSPS) is 13.1. The van der Waals surface area contributed by atoms with E-state index in [-0.39, 0.29) is 26.4 Å².